The van der Waals surface area contributed by atoms with Crippen LogP contribution in [0.5, 0.6) is 0 Å². The summed E-state index contributed by atoms with van der Waals surface area (Å²) in [4.78, 5) is 11.9. The highest BCUT2D eigenvalue weighted by atomic mass is 16.5. The SMILES string of the molecule is CCCN1CCOC(c2nc3c(c(NC)n2)CCC3)C1. The fourth-order valence-corrected chi connectivity index (χ4v) is 3.18. The Balaban J connectivity index is 1.83. The fraction of sp³-hybridized carbons (Fsp3) is 0.733. The van der Waals surface area contributed by atoms with Crippen molar-refractivity contribution in [3.05, 3.63) is 17.1 Å². The lowest BCUT2D eigenvalue weighted by Crippen LogP contribution is -2.39. The quantitative estimate of drug-likeness (QED) is 0.908. The number of anilines is 1. The lowest BCUT2D eigenvalue weighted by atomic mass is 10.2. The van der Waals surface area contributed by atoms with Crippen LogP contribution >= 0.6 is 0 Å². The zero-order chi connectivity index (χ0) is 13.9. The van der Waals surface area contributed by atoms with Crippen molar-refractivity contribution in [2.45, 2.75) is 38.7 Å². The minimum absolute atomic E-state index is 0.0216. The number of rotatable bonds is 4. The van der Waals surface area contributed by atoms with Crippen LogP contribution in [0.1, 0.15) is 43.0 Å². The Labute approximate surface area is 120 Å². The van der Waals surface area contributed by atoms with Gasteiger partial charge >= 0.3 is 0 Å². The molecule has 1 aliphatic carbocycles. The van der Waals surface area contributed by atoms with Gasteiger partial charge in [-0.2, -0.15) is 0 Å². The summed E-state index contributed by atoms with van der Waals surface area (Å²) in [7, 11) is 1.94. The molecule has 20 heavy (non-hydrogen) atoms. The van der Waals surface area contributed by atoms with Crippen LogP contribution in [0.25, 0.3) is 0 Å². The molecule has 0 saturated carbocycles. The van der Waals surface area contributed by atoms with Crippen LogP contribution in [0.4, 0.5) is 5.82 Å². The van der Waals surface area contributed by atoms with E-state index in [1.165, 1.54) is 24.1 Å². The third-order valence-corrected chi connectivity index (χ3v) is 4.17. The highest BCUT2D eigenvalue weighted by Gasteiger charge is 2.27. The summed E-state index contributed by atoms with van der Waals surface area (Å²) in [6, 6.07) is 0. The van der Waals surface area contributed by atoms with E-state index in [9.17, 15) is 0 Å². The smallest absolute Gasteiger partial charge is 0.161 e. The van der Waals surface area contributed by atoms with E-state index in [2.05, 4.69) is 17.1 Å². The van der Waals surface area contributed by atoms with Gasteiger partial charge in [0.15, 0.2) is 5.82 Å². The predicted octanol–water partition coefficient (Wildman–Crippen LogP) is 1.79. The van der Waals surface area contributed by atoms with Crippen LogP contribution in [0.3, 0.4) is 0 Å². The van der Waals surface area contributed by atoms with Gasteiger partial charge in [0, 0.05) is 31.4 Å². The normalized spacial score (nSPS) is 22.8. The number of fused-ring (bicyclic) bond motifs is 1. The number of aryl methyl sites for hydroxylation is 1. The molecule has 0 amide bonds. The Bertz CT molecular complexity index is 475. The minimum Gasteiger partial charge on any atom is -0.373 e. The van der Waals surface area contributed by atoms with Crippen LogP contribution in [-0.2, 0) is 17.6 Å². The first-order chi connectivity index (χ1) is 9.81. The van der Waals surface area contributed by atoms with Crippen molar-refractivity contribution in [2.24, 2.45) is 0 Å². The van der Waals surface area contributed by atoms with Gasteiger partial charge in [-0.3, -0.25) is 4.90 Å². The van der Waals surface area contributed by atoms with Gasteiger partial charge in [-0.25, -0.2) is 9.97 Å². The van der Waals surface area contributed by atoms with Crippen molar-refractivity contribution >= 4 is 5.82 Å². The molecule has 1 unspecified atom stereocenters. The number of nitrogens with zero attached hydrogens (tertiary/aromatic N) is 3. The molecule has 1 N–H and O–H groups in total. The van der Waals surface area contributed by atoms with Crippen LogP contribution < -0.4 is 5.32 Å². The van der Waals surface area contributed by atoms with E-state index in [0.717, 1.165) is 50.7 Å². The average Bonchev–Trinajstić information content (AvgIpc) is 2.95. The maximum atomic E-state index is 5.91. The van der Waals surface area contributed by atoms with Gasteiger partial charge in [-0.05, 0) is 32.2 Å². The Kier molecular flexibility index (Phi) is 4.17. The van der Waals surface area contributed by atoms with Gasteiger partial charge in [0.2, 0.25) is 0 Å². The van der Waals surface area contributed by atoms with Crippen molar-refractivity contribution in [2.75, 3.05) is 38.6 Å². The molecule has 1 aliphatic heterocycles. The number of ether oxygens (including phenoxy) is 1. The molecule has 5 heteroatoms. The zero-order valence-electron chi connectivity index (χ0n) is 12.5. The molecule has 3 rings (SSSR count). The third kappa shape index (κ3) is 2.65. The lowest BCUT2D eigenvalue weighted by molar-refractivity contribution is -0.0342. The van der Waals surface area contributed by atoms with Crippen molar-refractivity contribution in [3.8, 4) is 0 Å². The van der Waals surface area contributed by atoms with Crippen LogP contribution in [0.2, 0.25) is 0 Å². The molecule has 2 aliphatic rings. The molecule has 2 heterocycles. The first kappa shape index (κ1) is 13.8. The van der Waals surface area contributed by atoms with Crippen LogP contribution in [0.15, 0.2) is 0 Å². The third-order valence-electron chi connectivity index (χ3n) is 4.17. The number of aromatic nitrogens is 2. The Morgan fingerprint density at radius 1 is 1.35 bits per heavy atom. The molecule has 5 nitrogen and oxygen atoms in total. The minimum atomic E-state index is 0.0216. The largest absolute Gasteiger partial charge is 0.373 e. The van der Waals surface area contributed by atoms with E-state index in [1.54, 1.807) is 0 Å². The monoisotopic (exact) mass is 276 g/mol. The second-order valence-electron chi connectivity index (χ2n) is 5.62. The molecular weight excluding hydrogens is 252 g/mol. The van der Waals surface area contributed by atoms with E-state index in [4.69, 9.17) is 14.7 Å². The molecular formula is C15H24N4O. The molecule has 1 fully saturated rings. The molecule has 0 bridgehead atoms. The number of morpholine rings is 1. The highest BCUT2D eigenvalue weighted by Crippen LogP contribution is 2.29. The first-order valence-electron chi connectivity index (χ1n) is 7.73. The zero-order valence-corrected chi connectivity index (χ0v) is 12.5. The summed E-state index contributed by atoms with van der Waals surface area (Å²) in [5.74, 6) is 1.86. The summed E-state index contributed by atoms with van der Waals surface area (Å²) in [6.45, 7) is 6.06. The van der Waals surface area contributed by atoms with Crippen LogP contribution in [-0.4, -0.2) is 48.2 Å². The number of nitrogens with one attached hydrogen (secondary N) is 1. The van der Waals surface area contributed by atoms with Gasteiger partial charge in [-0.1, -0.05) is 6.92 Å². The molecule has 1 atom stereocenters. The predicted molar refractivity (Wildman–Crippen MR) is 79.0 cm³/mol. The molecule has 0 radical (unpaired) electrons. The van der Waals surface area contributed by atoms with Crippen molar-refractivity contribution in [1.82, 2.24) is 14.9 Å². The summed E-state index contributed by atoms with van der Waals surface area (Å²) < 4.78 is 5.91. The maximum Gasteiger partial charge on any atom is 0.161 e. The van der Waals surface area contributed by atoms with Gasteiger partial charge in [-0.15, -0.1) is 0 Å². The maximum absolute atomic E-state index is 5.91. The summed E-state index contributed by atoms with van der Waals surface area (Å²) >= 11 is 0. The Hall–Kier alpha value is -1.20. The van der Waals surface area contributed by atoms with Gasteiger partial charge in [0.25, 0.3) is 0 Å². The second-order valence-corrected chi connectivity index (χ2v) is 5.62. The summed E-state index contributed by atoms with van der Waals surface area (Å²) in [5, 5.41) is 3.22. The van der Waals surface area contributed by atoms with Gasteiger partial charge in [0.1, 0.15) is 11.9 Å². The molecule has 0 aromatic carbocycles. The summed E-state index contributed by atoms with van der Waals surface area (Å²) in [5.41, 5.74) is 2.52. The number of hydrogen-bond acceptors (Lipinski definition) is 5. The van der Waals surface area contributed by atoms with E-state index in [0.29, 0.717) is 0 Å². The van der Waals surface area contributed by atoms with E-state index in [-0.39, 0.29) is 6.10 Å². The Morgan fingerprint density at radius 2 is 2.25 bits per heavy atom. The number of hydrogen-bond donors (Lipinski definition) is 1. The Morgan fingerprint density at radius 3 is 3.05 bits per heavy atom. The van der Waals surface area contributed by atoms with Crippen molar-refractivity contribution in [3.63, 3.8) is 0 Å². The average molecular weight is 276 g/mol. The van der Waals surface area contributed by atoms with E-state index < -0.39 is 0 Å². The first-order valence-corrected chi connectivity index (χ1v) is 7.73. The van der Waals surface area contributed by atoms with E-state index in [1.807, 2.05) is 7.05 Å². The lowest BCUT2D eigenvalue weighted by Gasteiger charge is -2.32. The van der Waals surface area contributed by atoms with Crippen LogP contribution in [0, 0.1) is 0 Å². The van der Waals surface area contributed by atoms with Crippen molar-refractivity contribution < 1.29 is 4.74 Å². The van der Waals surface area contributed by atoms with Gasteiger partial charge < -0.3 is 10.1 Å². The summed E-state index contributed by atoms with van der Waals surface area (Å²) in [6.07, 6.45) is 4.56. The molecule has 1 aromatic rings. The molecule has 0 spiro atoms. The molecule has 1 aromatic heterocycles. The topological polar surface area (TPSA) is 50.3 Å². The molecule has 1 saturated heterocycles. The van der Waals surface area contributed by atoms with Gasteiger partial charge in [0.05, 0.1) is 6.61 Å². The fourth-order valence-electron chi connectivity index (χ4n) is 3.18. The van der Waals surface area contributed by atoms with Crippen molar-refractivity contribution in [1.29, 1.82) is 0 Å². The molecule has 110 valence electrons. The highest BCUT2D eigenvalue weighted by molar-refractivity contribution is 5.48. The standard InChI is InChI=1S/C15H24N4O/c1-3-7-19-8-9-20-13(10-19)15-17-12-6-4-5-11(12)14(16-2)18-15/h13H,3-10H2,1-2H3,(H,16,17,18). The second kappa shape index (κ2) is 6.06. The van der Waals surface area contributed by atoms with E-state index >= 15 is 0 Å².